The molecule has 0 amide bonds. The fourth-order valence-electron chi connectivity index (χ4n) is 2.31. The van der Waals surface area contributed by atoms with Gasteiger partial charge in [-0.1, -0.05) is 0 Å². The van der Waals surface area contributed by atoms with E-state index in [1.807, 2.05) is 0 Å². The van der Waals surface area contributed by atoms with Crippen molar-refractivity contribution in [1.82, 2.24) is 9.80 Å². The van der Waals surface area contributed by atoms with Gasteiger partial charge in [0.2, 0.25) is 6.54 Å². The molecule has 0 aliphatic carbocycles. The predicted molar refractivity (Wildman–Crippen MR) is 63.8 cm³/mol. The molecule has 0 bridgehead atoms. The van der Waals surface area contributed by atoms with E-state index in [1.54, 1.807) is 0 Å². The van der Waals surface area contributed by atoms with Gasteiger partial charge in [-0.25, -0.2) is 6.57 Å². The van der Waals surface area contributed by atoms with Gasteiger partial charge in [0.25, 0.3) is 0 Å². The molecule has 1 heterocycles. The van der Waals surface area contributed by atoms with E-state index in [0.717, 1.165) is 19.6 Å². The second-order valence-corrected chi connectivity index (χ2v) is 4.91. The molecule has 0 aromatic carbocycles. The highest BCUT2D eigenvalue weighted by molar-refractivity contribution is 4.89. The molecule has 15 heavy (non-hydrogen) atoms. The van der Waals surface area contributed by atoms with E-state index in [2.05, 4.69) is 42.3 Å². The molecular formula is C12H23N3. The molecule has 0 saturated carbocycles. The number of nitrogens with zero attached hydrogens (tertiary/aromatic N) is 3. The van der Waals surface area contributed by atoms with Gasteiger partial charge in [0.15, 0.2) is 0 Å². The van der Waals surface area contributed by atoms with E-state index < -0.39 is 0 Å². The number of rotatable bonds is 3. The molecule has 3 nitrogen and oxygen atoms in total. The van der Waals surface area contributed by atoms with E-state index in [-0.39, 0.29) is 0 Å². The molecule has 1 saturated heterocycles. The average molecular weight is 209 g/mol. The summed E-state index contributed by atoms with van der Waals surface area (Å²) in [5.41, 5.74) is 0. The first-order chi connectivity index (χ1) is 7.06. The highest BCUT2D eigenvalue weighted by Crippen LogP contribution is 2.15. The van der Waals surface area contributed by atoms with Gasteiger partial charge in [-0.05, 0) is 27.7 Å². The van der Waals surface area contributed by atoms with Crippen LogP contribution >= 0.6 is 0 Å². The zero-order valence-corrected chi connectivity index (χ0v) is 10.4. The van der Waals surface area contributed by atoms with Crippen molar-refractivity contribution in [2.45, 2.75) is 45.8 Å². The Bertz CT molecular complexity index is 230. The molecule has 0 N–H and O–H groups in total. The fraction of sp³-hybridized carbons (Fsp3) is 0.917. The Morgan fingerprint density at radius 3 is 2.33 bits per heavy atom. The average Bonchev–Trinajstić information content (AvgIpc) is 2.17. The second-order valence-electron chi connectivity index (χ2n) is 4.91. The van der Waals surface area contributed by atoms with E-state index >= 15 is 0 Å². The molecule has 86 valence electrons. The van der Waals surface area contributed by atoms with Gasteiger partial charge in [0, 0.05) is 31.7 Å². The Hall–Kier alpha value is -0.590. The third-order valence-electron chi connectivity index (χ3n) is 3.26. The maximum absolute atomic E-state index is 7.02. The highest BCUT2D eigenvalue weighted by Gasteiger charge is 2.31. The Balaban J connectivity index is 2.61. The molecule has 1 aliphatic rings. The zero-order chi connectivity index (χ0) is 11.4. The quantitative estimate of drug-likeness (QED) is 0.655. The summed E-state index contributed by atoms with van der Waals surface area (Å²) in [6.07, 6.45) is 0. The Morgan fingerprint density at radius 1 is 1.20 bits per heavy atom. The van der Waals surface area contributed by atoms with Crippen LogP contribution in [-0.2, 0) is 0 Å². The lowest BCUT2D eigenvalue weighted by Crippen LogP contribution is -2.57. The molecule has 1 aliphatic heterocycles. The van der Waals surface area contributed by atoms with Crippen LogP contribution in [0.25, 0.3) is 4.85 Å². The summed E-state index contributed by atoms with van der Waals surface area (Å²) in [7, 11) is 0. The smallest absolute Gasteiger partial charge is 0.231 e. The van der Waals surface area contributed by atoms with Crippen molar-refractivity contribution in [2.75, 3.05) is 26.2 Å². The summed E-state index contributed by atoms with van der Waals surface area (Å²) in [4.78, 5) is 8.52. The summed E-state index contributed by atoms with van der Waals surface area (Å²) < 4.78 is 0. The van der Waals surface area contributed by atoms with Crippen LogP contribution in [0.15, 0.2) is 0 Å². The minimum absolute atomic E-state index is 0.429. The van der Waals surface area contributed by atoms with Crippen molar-refractivity contribution < 1.29 is 0 Å². The Morgan fingerprint density at radius 2 is 1.87 bits per heavy atom. The topological polar surface area (TPSA) is 10.8 Å². The molecule has 1 unspecified atom stereocenters. The standard InChI is InChI=1S/C12H23N3/c1-10(2)14-6-7-15(11(3)4)12(9-14)8-13-5/h10-12H,6-9H2,1-4H3. The second kappa shape index (κ2) is 5.48. The Kier molecular flexibility index (Phi) is 4.56. The molecule has 3 heteroatoms. The Labute approximate surface area is 93.9 Å². The van der Waals surface area contributed by atoms with Gasteiger partial charge >= 0.3 is 0 Å². The maximum Gasteiger partial charge on any atom is 0.231 e. The van der Waals surface area contributed by atoms with Gasteiger partial charge in [-0.2, -0.15) is 0 Å². The minimum atomic E-state index is 0.429. The molecular weight excluding hydrogens is 186 g/mol. The van der Waals surface area contributed by atoms with Crippen molar-refractivity contribution in [1.29, 1.82) is 0 Å². The molecule has 1 atom stereocenters. The van der Waals surface area contributed by atoms with Crippen LogP contribution in [0, 0.1) is 6.57 Å². The van der Waals surface area contributed by atoms with Crippen molar-refractivity contribution in [3.63, 3.8) is 0 Å². The van der Waals surface area contributed by atoms with Crippen molar-refractivity contribution >= 4 is 0 Å². The lowest BCUT2D eigenvalue weighted by Gasteiger charge is -2.43. The zero-order valence-electron chi connectivity index (χ0n) is 10.4. The van der Waals surface area contributed by atoms with Crippen molar-refractivity contribution in [3.8, 4) is 0 Å². The van der Waals surface area contributed by atoms with Gasteiger partial charge in [-0.3, -0.25) is 9.80 Å². The van der Waals surface area contributed by atoms with E-state index in [4.69, 9.17) is 6.57 Å². The lowest BCUT2D eigenvalue weighted by molar-refractivity contribution is 0.0435. The van der Waals surface area contributed by atoms with Crippen LogP contribution < -0.4 is 0 Å². The van der Waals surface area contributed by atoms with Crippen LogP contribution in [0.2, 0.25) is 0 Å². The largest absolute Gasteiger partial charge is 0.315 e. The van der Waals surface area contributed by atoms with E-state index in [9.17, 15) is 0 Å². The minimum Gasteiger partial charge on any atom is -0.315 e. The van der Waals surface area contributed by atoms with Crippen molar-refractivity contribution in [2.24, 2.45) is 0 Å². The molecule has 1 rings (SSSR count). The number of hydrogen-bond acceptors (Lipinski definition) is 2. The first-order valence-corrected chi connectivity index (χ1v) is 5.89. The van der Waals surface area contributed by atoms with Crippen LogP contribution in [0.4, 0.5) is 0 Å². The summed E-state index contributed by atoms with van der Waals surface area (Å²) in [5, 5.41) is 0. The molecule has 0 aromatic heterocycles. The first kappa shape index (κ1) is 12.5. The van der Waals surface area contributed by atoms with Crippen molar-refractivity contribution in [3.05, 3.63) is 11.4 Å². The van der Waals surface area contributed by atoms with E-state index in [1.165, 1.54) is 0 Å². The number of hydrogen-bond donors (Lipinski definition) is 0. The van der Waals surface area contributed by atoms with E-state index in [0.29, 0.717) is 24.7 Å². The van der Waals surface area contributed by atoms with Crippen LogP contribution in [-0.4, -0.2) is 54.1 Å². The molecule has 0 spiro atoms. The highest BCUT2D eigenvalue weighted by atomic mass is 15.3. The van der Waals surface area contributed by atoms with Crippen LogP contribution in [0.5, 0.6) is 0 Å². The number of piperazine rings is 1. The maximum atomic E-state index is 7.02. The summed E-state index contributed by atoms with van der Waals surface area (Å²) in [5.74, 6) is 0. The summed E-state index contributed by atoms with van der Waals surface area (Å²) in [6.45, 7) is 19.9. The van der Waals surface area contributed by atoms with Gasteiger partial charge in [-0.15, -0.1) is 0 Å². The first-order valence-electron chi connectivity index (χ1n) is 5.89. The van der Waals surface area contributed by atoms with Gasteiger partial charge in [0.05, 0.1) is 6.04 Å². The molecule has 0 radical (unpaired) electrons. The monoisotopic (exact) mass is 209 g/mol. The van der Waals surface area contributed by atoms with Crippen LogP contribution in [0.1, 0.15) is 27.7 Å². The van der Waals surface area contributed by atoms with Crippen LogP contribution in [0.3, 0.4) is 0 Å². The third kappa shape index (κ3) is 3.19. The summed E-state index contributed by atoms with van der Waals surface area (Å²) >= 11 is 0. The summed E-state index contributed by atoms with van der Waals surface area (Å²) in [6, 6.07) is 1.59. The van der Waals surface area contributed by atoms with Gasteiger partial charge in [0.1, 0.15) is 0 Å². The van der Waals surface area contributed by atoms with Gasteiger partial charge < -0.3 is 4.85 Å². The normalized spacial score (nSPS) is 24.7. The fourth-order valence-corrected chi connectivity index (χ4v) is 2.31. The SMILES string of the molecule is [C-]#[N+]CC1CN(C(C)C)CCN1C(C)C. The third-order valence-corrected chi connectivity index (χ3v) is 3.26. The predicted octanol–water partition coefficient (Wildman–Crippen LogP) is 1.71. The molecule has 0 aromatic rings. The lowest BCUT2D eigenvalue weighted by atomic mass is 10.1. The molecule has 1 fully saturated rings.